The van der Waals surface area contributed by atoms with Gasteiger partial charge < -0.3 is 4.74 Å². The minimum absolute atomic E-state index is 0.00922. The number of hydrogen-bond acceptors (Lipinski definition) is 4. The minimum Gasteiger partial charge on any atom is -0.436 e. The summed E-state index contributed by atoms with van der Waals surface area (Å²) in [5, 5.41) is 0. The Morgan fingerprint density at radius 2 is 1.91 bits per heavy atom. The molecule has 1 unspecified atom stereocenters. The largest absolute Gasteiger partial charge is 0.436 e. The molecule has 0 fully saturated rings. The van der Waals surface area contributed by atoms with Crippen molar-refractivity contribution in [2.75, 3.05) is 0 Å². The van der Waals surface area contributed by atoms with Crippen LogP contribution >= 0.6 is 0 Å². The lowest BCUT2D eigenvalue weighted by atomic mass is 10.2. The molecule has 22 heavy (non-hydrogen) atoms. The van der Waals surface area contributed by atoms with E-state index in [0.717, 1.165) is 11.1 Å². The van der Waals surface area contributed by atoms with Gasteiger partial charge in [0.15, 0.2) is 0 Å². The van der Waals surface area contributed by atoms with Crippen LogP contribution in [-0.4, -0.2) is 20.6 Å². The summed E-state index contributed by atoms with van der Waals surface area (Å²) in [6.45, 7) is 9.02. The van der Waals surface area contributed by atoms with Crippen LogP contribution in [0.1, 0.15) is 19.4 Å². The maximum absolute atomic E-state index is 12.0. The van der Waals surface area contributed by atoms with Crippen molar-refractivity contribution in [1.29, 1.82) is 0 Å². The van der Waals surface area contributed by atoms with Crippen molar-refractivity contribution < 1.29 is 17.9 Å². The Balaban J connectivity index is 2.81. The van der Waals surface area contributed by atoms with Crippen molar-refractivity contribution in [2.45, 2.75) is 31.8 Å². The van der Waals surface area contributed by atoms with E-state index in [1.165, 1.54) is 24.3 Å². The third-order valence-corrected chi connectivity index (χ3v) is 3.89. The van der Waals surface area contributed by atoms with Crippen molar-refractivity contribution in [1.82, 2.24) is 4.72 Å². The molecule has 0 aliphatic heterocycles. The van der Waals surface area contributed by atoms with Gasteiger partial charge in [0, 0.05) is 6.08 Å². The van der Waals surface area contributed by atoms with E-state index in [2.05, 4.69) is 12.3 Å². The maximum Gasteiger partial charge on any atom is 0.422 e. The number of aryl methyl sites for hydroxylation is 1. The second-order valence-corrected chi connectivity index (χ2v) is 6.52. The number of benzene rings is 1. The zero-order chi connectivity index (χ0) is 16.8. The molecule has 1 N–H and O–H groups in total. The average Bonchev–Trinajstić information content (AvgIpc) is 2.43. The monoisotopic (exact) mass is 321 g/mol. The first-order valence-electron chi connectivity index (χ1n) is 6.57. The first kappa shape index (κ1) is 17.8. The molecule has 1 rings (SSSR count). The van der Waals surface area contributed by atoms with Gasteiger partial charge in [-0.15, -0.1) is 5.73 Å². The van der Waals surface area contributed by atoms with Crippen LogP contribution in [0.2, 0.25) is 0 Å². The summed E-state index contributed by atoms with van der Waals surface area (Å²) in [5.41, 5.74) is 4.68. The molecule has 0 heterocycles. The number of carbonyl (C=O) groups excluding carboxylic acids is 1. The lowest BCUT2D eigenvalue weighted by Gasteiger charge is -2.11. The van der Waals surface area contributed by atoms with Crippen LogP contribution in [0, 0.1) is 6.92 Å². The predicted octanol–water partition coefficient (Wildman–Crippen LogP) is 3.09. The number of hydrogen-bond donors (Lipinski definition) is 1. The van der Waals surface area contributed by atoms with E-state index in [1.807, 2.05) is 25.5 Å². The highest BCUT2D eigenvalue weighted by Gasteiger charge is 2.19. The van der Waals surface area contributed by atoms with E-state index in [1.54, 1.807) is 12.1 Å². The molecule has 1 atom stereocenters. The summed E-state index contributed by atoms with van der Waals surface area (Å²) in [7, 11) is -3.96. The number of carbonyl (C=O) groups is 1. The van der Waals surface area contributed by atoms with E-state index in [0.29, 0.717) is 0 Å². The summed E-state index contributed by atoms with van der Waals surface area (Å²) >= 11 is 0. The highest BCUT2D eigenvalue weighted by molar-refractivity contribution is 7.90. The van der Waals surface area contributed by atoms with Crippen molar-refractivity contribution in [3.05, 3.63) is 59.9 Å². The highest BCUT2D eigenvalue weighted by atomic mass is 32.2. The Kier molecular flexibility index (Phi) is 6.16. The predicted molar refractivity (Wildman–Crippen MR) is 84.9 cm³/mol. The molecule has 0 saturated heterocycles. The van der Waals surface area contributed by atoms with E-state index in [4.69, 9.17) is 4.74 Å². The average molecular weight is 321 g/mol. The molecule has 5 nitrogen and oxygen atoms in total. The zero-order valence-corrected chi connectivity index (χ0v) is 13.6. The Morgan fingerprint density at radius 1 is 1.32 bits per heavy atom. The third kappa shape index (κ3) is 5.60. The van der Waals surface area contributed by atoms with E-state index >= 15 is 0 Å². The molecule has 0 bridgehead atoms. The van der Waals surface area contributed by atoms with Crippen molar-refractivity contribution in [2.24, 2.45) is 0 Å². The number of rotatable bonds is 5. The fourth-order valence-corrected chi connectivity index (χ4v) is 2.31. The van der Waals surface area contributed by atoms with Gasteiger partial charge in [-0.2, -0.15) is 0 Å². The lowest BCUT2D eigenvalue weighted by Crippen LogP contribution is -2.33. The first-order valence-corrected chi connectivity index (χ1v) is 8.05. The third-order valence-electron chi connectivity index (χ3n) is 2.56. The lowest BCUT2D eigenvalue weighted by molar-refractivity contribution is 0.143. The zero-order valence-electron chi connectivity index (χ0n) is 12.8. The van der Waals surface area contributed by atoms with Gasteiger partial charge in [-0.25, -0.2) is 17.9 Å². The number of amides is 1. The Bertz CT molecular complexity index is 707. The molecule has 0 spiro atoms. The molecule has 0 aliphatic carbocycles. The second kappa shape index (κ2) is 7.64. The van der Waals surface area contributed by atoms with Gasteiger partial charge >= 0.3 is 6.09 Å². The Hall–Kier alpha value is -2.30. The molecule has 0 saturated carbocycles. The van der Waals surface area contributed by atoms with Gasteiger partial charge in [0.25, 0.3) is 10.0 Å². The molecule has 118 valence electrons. The molecule has 1 aromatic carbocycles. The molecule has 0 aliphatic rings. The summed E-state index contributed by atoms with van der Waals surface area (Å²) in [6, 6.07) is 6.12. The molecule has 0 radical (unpaired) electrons. The van der Waals surface area contributed by atoms with E-state index < -0.39 is 22.2 Å². The molecular weight excluding hydrogens is 302 g/mol. The highest BCUT2D eigenvalue weighted by Crippen LogP contribution is 2.10. The summed E-state index contributed by atoms with van der Waals surface area (Å²) < 4.78 is 30.8. The smallest absolute Gasteiger partial charge is 0.422 e. The van der Waals surface area contributed by atoms with Gasteiger partial charge in [0.05, 0.1) is 4.90 Å². The summed E-state index contributed by atoms with van der Waals surface area (Å²) in [5.74, 6) is 0. The fourth-order valence-electron chi connectivity index (χ4n) is 1.43. The second-order valence-electron chi connectivity index (χ2n) is 4.84. The SMILES string of the molecule is C=CC(C=C=C(C)C)OC(=O)NS(=O)(=O)c1ccc(C)cc1. The molecular formula is C16H19NO4S. The molecule has 0 aromatic heterocycles. The summed E-state index contributed by atoms with van der Waals surface area (Å²) in [4.78, 5) is 11.7. The number of sulfonamides is 1. The topological polar surface area (TPSA) is 72.5 Å². The van der Waals surface area contributed by atoms with E-state index in [9.17, 15) is 13.2 Å². The molecule has 1 aromatic rings. The molecule has 6 heteroatoms. The minimum atomic E-state index is -3.96. The van der Waals surface area contributed by atoms with Crippen LogP contribution in [-0.2, 0) is 14.8 Å². The maximum atomic E-state index is 12.0. The van der Waals surface area contributed by atoms with Gasteiger partial charge in [-0.1, -0.05) is 24.3 Å². The van der Waals surface area contributed by atoms with Crippen LogP contribution in [0.3, 0.4) is 0 Å². The van der Waals surface area contributed by atoms with Gasteiger partial charge in [0.1, 0.15) is 6.10 Å². The molecule has 1 amide bonds. The first-order chi connectivity index (χ1) is 10.2. The Labute approximate surface area is 131 Å². The van der Waals surface area contributed by atoms with Gasteiger partial charge in [-0.05, 0) is 44.6 Å². The van der Waals surface area contributed by atoms with E-state index in [-0.39, 0.29) is 4.90 Å². The van der Waals surface area contributed by atoms with Crippen molar-refractivity contribution >= 4 is 16.1 Å². The van der Waals surface area contributed by atoms with Gasteiger partial charge in [-0.3, -0.25) is 0 Å². The summed E-state index contributed by atoms with van der Waals surface area (Å²) in [6.07, 6.45) is 1.02. The fraction of sp³-hybridized carbons (Fsp3) is 0.250. The van der Waals surface area contributed by atoms with Crippen molar-refractivity contribution in [3.8, 4) is 0 Å². The quantitative estimate of drug-likeness (QED) is 0.668. The number of ether oxygens (including phenoxy) is 1. The number of nitrogens with one attached hydrogen (secondary N) is 1. The Morgan fingerprint density at radius 3 is 2.41 bits per heavy atom. The van der Waals surface area contributed by atoms with Crippen molar-refractivity contribution in [3.63, 3.8) is 0 Å². The van der Waals surface area contributed by atoms with Crippen LogP contribution in [0.4, 0.5) is 4.79 Å². The standard InChI is InChI=1S/C16H19NO4S/c1-5-14(9-6-12(2)3)21-16(18)17-22(19,20)15-10-7-13(4)8-11-15/h5,7-11,14H,1H2,2-4H3,(H,17,18). The van der Waals surface area contributed by atoms with Crippen LogP contribution in [0.25, 0.3) is 0 Å². The normalized spacial score (nSPS) is 11.8. The van der Waals surface area contributed by atoms with Crippen LogP contribution in [0.5, 0.6) is 0 Å². The van der Waals surface area contributed by atoms with Gasteiger partial charge in [0.2, 0.25) is 0 Å². The van der Waals surface area contributed by atoms with Crippen LogP contribution < -0.4 is 4.72 Å². The van der Waals surface area contributed by atoms with Crippen LogP contribution in [0.15, 0.2) is 59.2 Å².